The topological polar surface area (TPSA) is 50.2 Å². The maximum atomic E-state index is 10.2. The van der Waals surface area contributed by atoms with Gasteiger partial charge in [0, 0.05) is 6.42 Å². The third-order valence-corrected chi connectivity index (χ3v) is 3.16. The summed E-state index contributed by atoms with van der Waals surface area (Å²) in [4.78, 5) is 14.2. The standard InChI is InChI=1S/C7H7Cl2NO2S/c8-4(1-2-6(11)12)7-10-3-5(9)13-7/h3-4H,1-2H2,(H,11,12). The molecule has 0 saturated carbocycles. The molecular formula is C7H7Cl2NO2S. The lowest BCUT2D eigenvalue weighted by atomic mass is 10.2. The Balaban J connectivity index is 2.48. The normalized spacial score (nSPS) is 12.8. The molecule has 0 aromatic carbocycles. The van der Waals surface area contributed by atoms with Gasteiger partial charge in [-0.15, -0.1) is 22.9 Å². The predicted octanol–water partition coefficient (Wildman–Crippen LogP) is 2.94. The minimum Gasteiger partial charge on any atom is -0.481 e. The summed E-state index contributed by atoms with van der Waals surface area (Å²) in [5.74, 6) is -0.853. The van der Waals surface area contributed by atoms with Gasteiger partial charge >= 0.3 is 5.97 Å². The van der Waals surface area contributed by atoms with E-state index in [1.165, 1.54) is 17.5 Å². The highest BCUT2D eigenvalue weighted by Crippen LogP contribution is 2.31. The van der Waals surface area contributed by atoms with Crippen molar-refractivity contribution in [3.05, 3.63) is 15.5 Å². The Morgan fingerprint density at radius 1 is 1.77 bits per heavy atom. The SMILES string of the molecule is O=C(O)CCC(Cl)c1ncc(Cl)s1. The van der Waals surface area contributed by atoms with E-state index in [2.05, 4.69) is 4.98 Å². The summed E-state index contributed by atoms with van der Waals surface area (Å²) in [7, 11) is 0. The quantitative estimate of drug-likeness (QED) is 0.823. The lowest BCUT2D eigenvalue weighted by Gasteiger charge is -2.02. The predicted molar refractivity (Wildman–Crippen MR) is 52.6 cm³/mol. The maximum Gasteiger partial charge on any atom is 0.303 e. The zero-order valence-corrected chi connectivity index (χ0v) is 8.86. The van der Waals surface area contributed by atoms with E-state index in [-0.39, 0.29) is 11.8 Å². The van der Waals surface area contributed by atoms with Crippen LogP contribution >= 0.6 is 34.5 Å². The van der Waals surface area contributed by atoms with E-state index in [1.807, 2.05) is 0 Å². The number of carboxylic acids is 1. The van der Waals surface area contributed by atoms with Gasteiger partial charge in [0.15, 0.2) is 0 Å². The average molecular weight is 240 g/mol. The molecule has 0 bridgehead atoms. The van der Waals surface area contributed by atoms with Crippen LogP contribution in [0.3, 0.4) is 0 Å². The molecule has 1 aromatic rings. The van der Waals surface area contributed by atoms with Gasteiger partial charge < -0.3 is 5.11 Å². The molecule has 0 aliphatic heterocycles. The Hall–Kier alpha value is -0.320. The molecule has 1 unspecified atom stereocenters. The molecule has 0 spiro atoms. The average Bonchev–Trinajstić information content (AvgIpc) is 2.47. The van der Waals surface area contributed by atoms with Crippen molar-refractivity contribution >= 4 is 40.5 Å². The number of nitrogens with zero attached hydrogens (tertiary/aromatic N) is 1. The zero-order chi connectivity index (χ0) is 9.84. The maximum absolute atomic E-state index is 10.2. The van der Waals surface area contributed by atoms with Gasteiger partial charge in [0.05, 0.1) is 11.6 Å². The van der Waals surface area contributed by atoms with Gasteiger partial charge in [-0.2, -0.15) is 0 Å². The number of carbonyl (C=O) groups is 1. The second kappa shape index (κ2) is 4.79. The van der Waals surface area contributed by atoms with Crippen LogP contribution in [0.2, 0.25) is 4.34 Å². The van der Waals surface area contributed by atoms with Crippen LogP contribution in [0, 0.1) is 0 Å². The molecule has 1 atom stereocenters. The summed E-state index contributed by atoms with van der Waals surface area (Å²) in [5.41, 5.74) is 0. The molecule has 0 amide bonds. The number of aliphatic carboxylic acids is 1. The van der Waals surface area contributed by atoms with Crippen molar-refractivity contribution in [1.82, 2.24) is 4.98 Å². The second-order valence-electron chi connectivity index (χ2n) is 2.40. The number of alkyl halides is 1. The van der Waals surface area contributed by atoms with Crippen molar-refractivity contribution in [3.63, 3.8) is 0 Å². The highest BCUT2D eigenvalue weighted by molar-refractivity contribution is 7.16. The van der Waals surface area contributed by atoms with Crippen molar-refractivity contribution in [3.8, 4) is 0 Å². The van der Waals surface area contributed by atoms with Crippen LogP contribution in [-0.4, -0.2) is 16.1 Å². The first-order valence-electron chi connectivity index (χ1n) is 3.56. The molecule has 1 rings (SSSR count). The Labute approximate surface area is 89.3 Å². The van der Waals surface area contributed by atoms with Crippen LogP contribution in [0.25, 0.3) is 0 Å². The molecule has 6 heteroatoms. The minimum absolute atomic E-state index is 0.0470. The smallest absolute Gasteiger partial charge is 0.303 e. The van der Waals surface area contributed by atoms with Gasteiger partial charge in [-0.05, 0) is 6.42 Å². The van der Waals surface area contributed by atoms with Crippen molar-refractivity contribution in [2.45, 2.75) is 18.2 Å². The molecule has 0 saturated heterocycles. The summed E-state index contributed by atoms with van der Waals surface area (Å²) in [6, 6.07) is 0. The lowest BCUT2D eigenvalue weighted by molar-refractivity contribution is -0.137. The summed E-state index contributed by atoms with van der Waals surface area (Å²) in [6.07, 6.45) is 1.93. The molecular weight excluding hydrogens is 233 g/mol. The number of halogens is 2. The summed E-state index contributed by atoms with van der Waals surface area (Å²) in [6.45, 7) is 0. The Bertz CT molecular complexity index is 302. The Morgan fingerprint density at radius 3 is 2.92 bits per heavy atom. The van der Waals surface area contributed by atoms with Gasteiger partial charge in [-0.25, -0.2) is 4.98 Å². The highest BCUT2D eigenvalue weighted by Gasteiger charge is 2.13. The molecule has 1 heterocycles. The fourth-order valence-electron chi connectivity index (χ4n) is 0.785. The number of rotatable bonds is 4. The summed E-state index contributed by atoms with van der Waals surface area (Å²) >= 11 is 12.8. The minimum atomic E-state index is -0.853. The van der Waals surface area contributed by atoms with Crippen LogP contribution in [0.5, 0.6) is 0 Å². The van der Waals surface area contributed by atoms with E-state index in [0.717, 1.165) is 0 Å². The first-order valence-corrected chi connectivity index (χ1v) is 5.20. The van der Waals surface area contributed by atoms with E-state index >= 15 is 0 Å². The molecule has 0 aliphatic carbocycles. The number of aromatic nitrogens is 1. The fraction of sp³-hybridized carbons (Fsp3) is 0.429. The van der Waals surface area contributed by atoms with E-state index < -0.39 is 5.97 Å². The van der Waals surface area contributed by atoms with Gasteiger partial charge in [-0.3, -0.25) is 4.79 Å². The lowest BCUT2D eigenvalue weighted by Crippen LogP contribution is -1.97. The molecule has 1 aromatic heterocycles. The molecule has 72 valence electrons. The van der Waals surface area contributed by atoms with Crippen LogP contribution in [0.1, 0.15) is 23.2 Å². The Morgan fingerprint density at radius 2 is 2.46 bits per heavy atom. The van der Waals surface area contributed by atoms with Crippen LogP contribution in [-0.2, 0) is 4.79 Å². The molecule has 0 radical (unpaired) electrons. The third-order valence-electron chi connectivity index (χ3n) is 1.37. The van der Waals surface area contributed by atoms with Crippen molar-refractivity contribution in [2.75, 3.05) is 0 Å². The summed E-state index contributed by atoms with van der Waals surface area (Å²) in [5, 5.41) is 8.73. The van der Waals surface area contributed by atoms with Crippen molar-refractivity contribution < 1.29 is 9.90 Å². The second-order valence-corrected chi connectivity index (χ2v) is 4.62. The number of thiazole rings is 1. The molecule has 1 N–H and O–H groups in total. The molecule has 3 nitrogen and oxygen atoms in total. The van der Waals surface area contributed by atoms with E-state index in [0.29, 0.717) is 15.8 Å². The van der Waals surface area contributed by atoms with E-state index in [1.54, 1.807) is 0 Å². The monoisotopic (exact) mass is 239 g/mol. The van der Waals surface area contributed by atoms with Gasteiger partial charge in [0.2, 0.25) is 0 Å². The fourth-order valence-corrected chi connectivity index (χ4v) is 2.03. The van der Waals surface area contributed by atoms with Crippen LogP contribution < -0.4 is 0 Å². The van der Waals surface area contributed by atoms with Crippen LogP contribution in [0.15, 0.2) is 6.20 Å². The number of hydrogen-bond donors (Lipinski definition) is 1. The van der Waals surface area contributed by atoms with Gasteiger partial charge in [0.25, 0.3) is 0 Å². The number of hydrogen-bond acceptors (Lipinski definition) is 3. The van der Waals surface area contributed by atoms with Crippen molar-refractivity contribution in [1.29, 1.82) is 0 Å². The van der Waals surface area contributed by atoms with Crippen molar-refractivity contribution in [2.24, 2.45) is 0 Å². The highest BCUT2D eigenvalue weighted by atomic mass is 35.5. The summed E-state index contributed by atoms with van der Waals surface area (Å²) < 4.78 is 0.566. The molecule has 0 aliphatic rings. The Kier molecular flexibility index (Phi) is 3.96. The van der Waals surface area contributed by atoms with E-state index in [9.17, 15) is 4.79 Å². The van der Waals surface area contributed by atoms with Crippen LogP contribution in [0.4, 0.5) is 0 Å². The molecule has 0 fully saturated rings. The third kappa shape index (κ3) is 3.50. The van der Waals surface area contributed by atoms with E-state index in [4.69, 9.17) is 28.3 Å². The van der Waals surface area contributed by atoms with Gasteiger partial charge in [0.1, 0.15) is 9.34 Å². The zero-order valence-electron chi connectivity index (χ0n) is 6.54. The largest absolute Gasteiger partial charge is 0.481 e. The van der Waals surface area contributed by atoms with Gasteiger partial charge in [-0.1, -0.05) is 11.6 Å². The first-order chi connectivity index (χ1) is 6.09. The number of carboxylic acid groups (broad SMARTS) is 1. The first kappa shape index (κ1) is 10.8. The molecule has 13 heavy (non-hydrogen) atoms.